The Kier molecular flexibility index (Phi) is 4.22. The van der Waals surface area contributed by atoms with Crippen molar-refractivity contribution in [2.75, 3.05) is 32.8 Å². The number of ether oxygens (including phenoxy) is 1. The quantitative estimate of drug-likeness (QED) is 0.774. The molecule has 0 spiro atoms. The van der Waals surface area contributed by atoms with Gasteiger partial charge >= 0.3 is 0 Å². The van der Waals surface area contributed by atoms with Crippen LogP contribution in [-0.4, -0.2) is 49.3 Å². The van der Waals surface area contributed by atoms with Crippen LogP contribution in [0.1, 0.15) is 39.5 Å². The topological polar surface area (TPSA) is 24.5 Å². The van der Waals surface area contributed by atoms with Gasteiger partial charge in [0, 0.05) is 24.7 Å². The van der Waals surface area contributed by atoms with Crippen LogP contribution < -0.4 is 5.32 Å². The molecule has 16 heavy (non-hydrogen) atoms. The second-order valence-corrected chi connectivity index (χ2v) is 5.81. The fraction of sp³-hybridized carbons (Fsp3) is 1.00. The summed E-state index contributed by atoms with van der Waals surface area (Å²) in [6, 6.07) is 0.694. The van der Waals surface area contributed by atoms with Gasteiger partial charge in [-0.3, -0.25) is 4.90 Å². The zero-order chi connectivity index (χ0) is 11.4. The maximum absolute atomic E-state index is 5.57. The largest absolute Gasteiger partial charge is 0.378 e. The first kappa shape index (κ1) is 12.3. The molecule has 1 N–H and O–H groups in total. The van der Waals surface area contributed by atoms with Gasteiger partial charge in [-0.05, 0) is 33.2 Å². The molecule has 2 saturated heterocycles. The van der Waals surface area contributed by atoms with Gasteiger partial charge in [-0.1, -0.05) is 12.8 Å². The molecular weight excluding hydrogens is 200 g/mol. The second-order valence-electron chi connectivity index (χ2n) is 5.81. The normalized spacial score (nSPS) is 32.2. The standard InChI is InChI=1S/C13H26N2O/c1-13(2)11-16-9-8-15(13)10-12-6-4-3-5-7-14-12/h12,14H,3-11H2,1-2H3. The maximum atomic E-state index is 5.57. The smallest absolute Gasteiger partial charge is 0.0645 e. The summed E-state index contributed by atoms with van der Waals surface area (Å²) in [7, 11) is 0. The molecule has 3 heteroatoms. The van der Waals surface area contributed by atoms with Crippen molar-refractivity contribution in [3.63, 3.8) is 0 Å². The van der Waals surface area contributed by atoms with Gasteiger partial charge in [0.25, 0.3) is 0 Å². The number of rotatable bonds is 2. The van der Waals surface area contributed by atoms with Gasteiger partial charge in [0.2, 0.25) is 0 Å². The molecule has 0 aromatic heterocycles. The second kappa shape index (κ2) is 5.48. The van der Waals surface area contributed by atoms with Crippen molar-refractivity contribution in [2.45, 2.75) is 51.1 Å². The van der Waals surface area contributed by atoms with Gasteiger partial charge < -0.3 is 10.1 Å². The van der Waals surface area contributed by atoms with Gasteiger partial charge in [0.15, 0.2) is 0 Å². The predicted octanol–water partition coefficient (Wildman–Crippen LogP) is 1.63. The molecular formula is C13H26N2O. The highest BCUT2D eigenvalue weighted by molar-refractivity contribution is 4.87. The summed E-state index contributed by atoms with van der Waals surface area (Å²) >= 11 is 0. The van der Waals surface area contributed by atoms with Crippen molar-refractivity contribution < 1.29 is 4.74 Å². The third-order valence-electron chi connectivity index (χ3n) is 3.92. The average Bonchev–Trinajstić information content (AvgIpc) is 2.49. The van der Waals surface area contributed by atoms with Gasteiger partial charge in [0.05, 0.1) is 13.2 Å². The van der Waals surface area contributed by atoms with Crippen LogP contribution in [0.5, 0.6) is 0 Å². The van der Waals surface area contributed by atoms with Gasteiger partial charge in [-0.25, -0.2) is 0 Å². The van der Waals surface area contributed by atoms with E-state index in [9.17, 15) is 0 Å². The predicted molar refractivity (Wildman–Crippen MR) is 66.7 cm³/mol. The van der Waals surface area contributed by atoms with Crippen molar-refractivity contribution in [3.8, 4) is 0 Å². The molecule has 2 aliphatic heterocycles. The molecule has 2 rings (SSSR count). The summed E-state index contributed by atoms with van der Waals surface area (Å²) in [6.45, 7) is 9.85. The molecule has 1 atom stereocenters. The van der Waals surface area contributed by atoms with E-state index in [0.29, 0.717) is 6.04 Å². The van der Waals surface area contributed by atoms with E-state index in [4.69, 9.17) is 4.74 Å². The maximum Gasteiger partial charge on any atom is 0.0645 e. The van der Waals surface area contributed by atoms with Crippen molar-refractivity contribution in [1.82, 2.24) is 10.2 Å². The minimum atomic E-state index is 0.215. The first-order chi connectivity index (χ1) is 7.68. The Morgan fingerprint density at radius 1 is 1.31 bits per heavy atom. The van der Waals surface area contributed by atoms with Crippen molar-refractivity contribution in [1.29, 1.82) is 0 Å². The van der Waals surface area contributed by atoms with E-state index in [-0.39, 0.29) is 5.54 Å². The molecule has 94 valence electrons. The molecule has 0 aromatic carbocycles. The summed E-state index contributed by atoms with van der Waals surface area (Å²) < 4.78 is 5.57. The van der Waals surface area contributed by atoms with Crippen LogP contribution >= 0.6 is 0 Å². The minimum absolute atomic E-state index is 0.215. The Hall–Kier alpha value is -0.120. The van der Waals surface area contributed by atoms with Gasteiger partial charge in [-0.15, -0.1) is 0 Å². The molecule has 0 amide bonds. The van der Waals surface area contributed by atoms with Crippen LogP contribution in [-0.2, 0) is 4.74 Å². The molecule has 0 aliphatic carbocycles. The Balaban J connectivity index is 1.86. The lowest BCUT2D eigenvalue weighted by Gasteiger charge is -2.43. The Labute approximate surface area is 99.5 Å². The van der Waals surface area contributed by atoms with E-state index in [1.54, 1.807) is 0 Å². The molecule has 2 heterocycles. The molecule has 2 aliphatic rings. The van der Waals surface area contributed by atoms with Gasteiger partial charge in [-0.2, -0.15) is 0 Å². The van der Waals surface area contributed by atoms with E-state index < -0.39 is 0 Å². The van der Waals surface area contributed by atoms with E-state index >= 15 is 0 Å². The fourth-order valence-electron chi connectivity index (χ4n) is 2.75. The number of hydrogen-bond donors (Lipinski definition) is 1. The Morgan fingerprint density at radius 2 is 2.19 bits per heavy atom. The SMILES string of the molecule is CC1(C)COCCN1CC1CCCCCN1. The van der Waals surface area contributed by atoms with E-state index in [2.05, 4.69) is 24.1 Å². The van der Waals surface area contributed by atoms with Crippen LogP contribution in [0.25, 0.3) is 0 Å². The third-order valence-corrected chi connectivity index (χ3v) is 3.92. The lowest BCUT2D eigenvalue weighted by atomic mass is 10.0. The molecule has 2 fully saturated rings. The summed E-state index contributed by atoms with van der Waals surface area (Å²) in [6.07, 6.45) is 5.48. The van der Waals surface area contributed by atoms with Crippen molar-refractivity contribution in [2.24, 2.45) is 0 Å². The monoisotopic (exact) mass is 226 g/mol. The Morgan fingerprint density at radius 3 is 3.00 bits per heavy atom. The molecule has 0 bridgehead atoms. The first-order valence-corrected chi connectivity index (χ1v) is 6.75. The summed E-state index contributed by atoms with van der Waals surface area (Å²) in [4.78, 5) is 2.60. The van der Waals surface area contributed by atoms with Crippen LogP contribution in [0, 0.1) is 0 Å². The lowest BCUT2D eigenvalue weighted by molar-refractivity contribution is -0.0545. The molecule has 0 radical (unpaired) electrons. The average molecular weight is 226 g/mol. The fourth-order valence-corrected chi connectivity index (χ4v) is 2.75. The van der Waals surface area contributed by atoms with Crippen LogP contribution in [0.3, 0.4) is 0 Å². The zero-order valence-electron chi connectivity index (χ0n) is 10.8. The summed E-state index contributed by atoms with van der Waals surface area (Å²) in [5.41, 5.74) is 0.215. The number of nitrogens with zero attached hydrogens (tertiary/aromatic N) is 1. The first-order valence-electron chi connectivity index (χ1n) is 6.75. The highest BCUT2D eigenvalue weighted by Crippen LogP contribution is 2.20. The van der Waals surface area contributed by atoms with E-state index in [1.807, 2.05) is 0 Å². The third kappa shape index (κ3) is 3.19. The van der Waals surface area contributed by atoms with Crippen molar-refractivity contribution >= 4 is 0 Å². The number of hydrogen-bond acceptors (Lipinski definition) is 3. The highest BCUT2D eigenvalue weighted by Gasteiger charge is 2.31. The molecule has 3 nitrogen and oxygen atoms in total. The van der Waals surface area contributed by atoms with E-state index in [0.717, 1.165) is 19.8 Å². The molecule has 0 aromatic rings. The molecule has 1 unspecified atom stereocenters. The summed E-state index contributed by atoms with van der Waals surface area (Å²) in [5, 5.41) is 3.68. The zero-order valence-corrected chi connectivity index (χ0v) is 10.8. The number of nitrogens with one attached hydrogen (secondary N) is 1. The Bertz CT molecular complexity index is 210. The molecule has 0 saturated carbocycles. The van der Waals surface area contributed by atoms with Crippen molar-refractivity contribution in [3.05, 3.63) is 0 Å². The number of morpholine rings is 1. The van der Waals surface area contributed by atoms with Crippen LogP contribution in [0.2, 0.25) is 0 Å². The minimum Gasteiger partial charge on any atom is -0.378 e. The summed E-state index contributed by atoms with van der Waals surface area (Å²) in [5.74, 6) is 0. The lowest BCUT2D eigenvalue weighted by Crippen LogP contribution is -2.56. The van der Waals surface area contributed by atoms with Crippen LogP contribution in [0.15, 0.2) is 0 Å². The highest BCUT2D eigenvalue weighted by atomic mass is 16.5. The van der Waals surface area contributed by atoms with Crippen LogP contribution in [0.4, 0.5) is 0 Å². The van der Waals surface area contributed by atoms with Gasteiger partial charge in [0.1, 0.15) is 0 Å². The van der Waals surface area contributed by atoms with E-state index in [1.165, 1.54) is 38.8 Å².